The third-order valence-electron chi connectivity index (χ3n) is 3.21. The van der Waals surface area contributed by atoms with Crippen LogP contribution in [0.3, 0.4) is 0 Å². The second-order valence-corrected chi connectivity index (χ2v) is 5.12. The SMILES string of the molecule is O=c1c2cc(Cl)ccc2ncn1CCOc1ccccc1F. The van der Waals surface area contributed by atoms with E-state index in [9.17, 15) is 9.18 Å². The van der Waals surface area contributed by atoms with E-state index in [4.69, 9.17) is 16.3 Å². The Labute approximate surface area is 130 Å². The van der Waals surface area contributed by atoms with E-state index in [0.717, 1.165) is 0 Å². The number of fused-ring (bicyclic) bond motifs is 1. The highest BCUT2D eigenvalue weighted by atomic mass is 35.5. The normalized spacial score (nSPS) is 10.8. The van der Waals surface area contributed by atoms with Gasteiger partial charge in [0, 0.05) is 5.02 Å². The first kappa shape index (κ1) is 14.5. The van der Waals surface area contributed by atoms with Crippen molar-refractivity contribution in [3.8, 4) is 5.75 Å². The summed E-state index contributed by atoms with van der Waals surface area (Å²) in [6.07, 6.45) is 1.45. The number of rotatable bonds is 4. The molecule has 0 amide bonds. The molecule has 0 unspecified atom stereocenters. The Morgan fingerprint density at radius 1 is 1.23 bits per heavy atom. The fourth-order valence-electron chi connectivity index (χ4n) is 2.11. The summed E-state index contributed by atoms with van der Waals surface area (Å²) in [6, 6.07) is 11.1. The highest BCUT2D eigenvalue weighted by Crippen LogP contribution is 2.16. The molecule has 0 saturated carbocycles. The van der Waals surface area contributed by atoms with Crippen LogP contribution in [0.5, 0.6) is 5.75 Å². The quantitative estimate of drug-likeness (QED) is 0.741. The Kier molecular flexibility index (Phi) is 4.06. The van der Waals surface area contributed by atoms with Crippen molar-refractivity contribution in [3.05, 3.63) is 70.0 Å². The Bertz CT molecular complexity index is 879. The maximum absolute atomic E-state index is 13.4. The van der Waals surface area contributed by atoms with Crippen LogP contribution in [-0.2, 0) is 6.54 Å². The van der Waals surface area contributed by atoms with Gasteiger partial charge in [-0.3, -0.25) is 9.36 Å². The van der Waals surface area contributed by atoms with E-state index >= 15 is 0 Å². The number of hydrogen-bond donors (Lipinski definition) is 0. The van der Waals surface area contributed by atoms with Crippen LogP contribution in [0.1, 0.15) is 0 Å². The molecule has 1 heterocycles. The minimum atomic E-state index is -0.432. The van der Waals surface area contributed by atoms with Crippen molar-refractivity contribution >= 4 is 22.5 Å². The Morgan fingerprint density at radius 2 is 2.05 bits per heavy atom. The van der Waals surface area contributed by atoms with E-state index in [1.807, 2.05) is 0 Å². The number of hydrogen-bond acceptors (Lipinski definition) is 3. The molecule has 0 aliphatic rings. The predicted molar refractivity (Wildman–Crippen MR) is 82.9 cm³/mol. The van der Waals surface area contributed by atoms with Gasteiger partial charge in [0.05, 0.1) is 23.8 Å². The fraction of sp³-hybridized carbons (Fsp3) is 0.125. The first-order valence-electron chi connectivity index (χ1n) is 6.67. The number of aromatic nitrogens is 2. The number of benzene rings is 2. The van der Waals surface area contributed by atoms with Crippen LogP contribution in [0.2, 0.25) is 5.02 Å². The van der Waals surface area contributed by atoms with Crippen LogP contribution in [-0.4, -0.2) is 16.2 Å². The van der Waals surface area contributed by atoms with E-state index in [0.29, 0.717) is 15.9 Å². The predicted octanol–water partition coefficient (Wildman–Crippen LogP) is 3.27. The molecule has 4 nitrogen and oxygen atoms in total. The lowest BCUT2D eigenvalue weighted by Gasteiger charge is -2.09. The average Bonchev–Trinajstić information content (AvgIpc) is 2.52. The molecule has 0 bridgehead atoms. The van der Waals surface area contributed by atoms with Gasteiger partial charge in [-0.15, -0.1) is 0 Å². The summed E-state index contributed by atoms with van der Waals surface area (Å²) in [5, 5.41) is 0.924. The molecule has 0 N–H and O–H groups in total. The number of nitrogens with zero attached hydrogens (tertiary/aromatic N) is 2. The van der Waals surface area contributed by atoms with E-state index in [-0.39, 0.29) is 24.5 Å². The highest BCUT2D eigenvalue weighted by molar-refractivity contribution is 6.31. The summed E-state index contributed by atoms with van der Waals surface area (Å²) >= 11 is 5.90. The molecule has 6 heteroatoms. The fourth-order valence-corrected chi connectivity index (χ4v) is 2.28. The second-order valence-electron chi connectivity index (χ2n) is 4.68. The zero-order valence-corrected chi connectivity index (χ0v) is 12.3. The van der Waals surface area contributed by atoms with E-state index in [2.05, 4.69) is 4.98 Å². The molecule has 2 aromatic carbocycles. The molecule has 0 spiro atoms. The van der Waals surface area contributed by atoms with E-state index < -0.39 is 5.82 Å². The van der Waals surface area contributed by atoms with Gasteiger partial charge >= 0.3 is 0 Å². The van der Waals surface area contributed by atoms with Gasteiger partial charge in [0.1, 0.15) is 6.61 Å². The molecule has 112 valence electrons. The van der Waals surface area contributed by atoms with Gasteiger partial charge in [-0.25, -0.2) is 9.37 Å². The molecule has 0 fully saturated rings. The van der Waals surface area contributed by atoms with Gasteiger partial charge in [-0.2, -0.15) is 0 Å². The van der Waals surface area contributed by atoms with Crippen LogP contribution in [0.4, 0.5) is 4.39 Å². The van der Waals surface area contributed by atoms with Crippen LogP contribution in [0, 0.1) is 5.82 Å². The Balaban J connectivity index is 1.78. The van der Waals surface area contributed by atoms with Gasteiger partial charge in [0.15, 0.2) is 11.6 Å². The standard InChI is InChI=1S/C16H12ClFN2O2/c17-11-5-6-14-12(9-11)16(21)20(10-19-14)7-8-22-15-4-2-1-3-13(15)18/h1-6,9-10H,7-8H2. The minimum absolute atomic E-state index is 0.160. The molecule has 3 rings (SSSR count). The van der Waals surface area contributed by atoms with Gasteiger partial charge in [-0.05, 0) is 30.3 Å². The first-order chi connectivity index (χ1) is 10.6. The average molecular weight is 319 g/mol. The third-order valence-corrected chi connectivity index (χ3v) is 3.45. The molecular formula is C16H12ClFN2O2. The monoisotopic (exact) mass is 318 g/mol. The van der Waals surface area contributed by atoms with Crippen molar-refractivity contribution in [1.82, 2.24) is 9.55 Å². The van der Waals surface area contributed by atoms with Crippen LogP contribution >= 0.6 is 11.6 Å². The molecule has 0 aliphatic carbocycles. The summed E-state index contributed by atoms with van der Waals surface area (Å²) in [5.74, 6) is -0.273. The molecule has 0 atom stereocenters. The van der Waals surface area contributed by atoms with Crippen molar-refractivity contribution in [3.63, 3.8) is 0 Å². The molecule has 0 radical (unpaired) electrons. The zero-order valence-electron chi connectivity index (χ0n) is 11.5. The first-order valence-corrected chi connectivity index (χ1v) is 7.05. The second kappa shape index (κ2) is 6.15. The lowest BCUT2D eigenvalue weighted by Crippen LogP contribution is -2.23. The minimum Gasteiger partial charge on any atom is -0.489 e. The summed E-state index contributed by atoms with van der Waals surface area (Å²) < 4.78 is 20.2. The maximum Gasteiger partial charge on any atom is 0.261 e. The van der Waals surface area contributed by atoms with Crippen molar-refractivity contribution < 1.29 is 9.13 Å². The summed E-state index contributed by atoms with van der Waals surface area (Å²) in [7, 11) is 0. The van der Waals surface area contributed by atoms with Crippen LogP contribution < -0.4 is 10.3 Å². The smallest absolute Gasteiger partial charge is 0.261 e. The molecule has 0 aliphatic heterocycles. The Hall–Kier alpha value is -2.40. The van der Waals surface area contributed by atoms with Gasteiger partial charge in [-0.1, -0.05) is 23.7 Å². The zero-order chi connectivity index (χ0) is 15.5. The van der Waals surface area contributed by atoms with Gasteiger partial charge < -0.3 is 4.74 Å². The number of para-hydroxylation sites is 1. The molecular weight excluding hydrogens is 307 g/mol. The highest BCUT2D eigenvalue weighted by Gasteiger charge is 2.06. The summed E-state index contributed by atoms with van der Waals surface area (Å²) in [6.45, 7) is 0.428. The van der Waals surface area contributed by atoms with Crippen molar-refractivity contribution in [2.45, 2.75) is 6.54 Å². The van der Waals surface area contributed by atoms with E-state index in [1.165, 1.54) is 23.0 Å². The van der Waals surface area contributed by atoms with Gasteiger partial charge in [0.25, 0.3) is 5.56 Å². The van der Waals surface area contributed by atoms with Crippen molar-refractivity contribution in [1.29, 1.82) is 0 Å². The van der Waals surface area contributed by atoms with Crippen LogP contribution in [0.15, 0.2) is 53.6 Å². The lowest BCUT2D eigenvalue weighted by atomic mass is 10.2. The maximum atomic E-state index is 13.4. The van der Waals surface area contributed by atoms with Gasteiger partial charge in [0.2, 0.25) is 0 Å². The molecule has 22 heavy (non-hydrogen) atoms. The van der Waals surface area contributed by atoms with E-state index in [1.54, 1.807) is 30.3 Å². The molecule has 3 aromatic rings. The molecule has 0 saturated heterocycles. The lowest BCUT2D eigenvalue weighted by molar-refractivity contribution is 0.282. The summed E-state index contributed by atoms with van der Waals surface area (Å²) in [4.78, 5) is 16.5. The third kappa shape index (κ3) is 2.94. The number of ether oxygens (including phenoxy) is 1. The topological polar surface area (TPSA) is 44.1 Å². The molecule has 1 aromatic heterocycles. The Morgan fingerprint density at radius 3 is 2.86 bits per heavy atom. The van der Waals surface area contributed by atoms with Crippen LogP contribution in [0.25, 0.3) is 10.9 Å². The number of halogens is 2. The largest absolute Gasteiger partial charge is 0.489 e. The van der Waals surface area contributed by atoms with Crippen molar-refractivity contribution in [2.24, 2.45) is 0 Å². The summed E-state index contributed by atoms with van der Waals surface area (Å²) in [5.41, 5.74) is 0.380. The van der Waals surface area contributed by atoms with Crippen molar-refractivity contribution in [2.75, 3.05) is 6.61 Å².